The number of hydrogen-bond acceptors (Lipinski definition) is 5. The molecular weight excluding hydrogens is 356 g/mol. The first-order chi connectivity index (χ1) is 13.5. The van der Waals surface area contributed by atoms with E-state index in [1.807, 2.05) is 42.5 Å². The minimum Gasteiger partial charge on any atom is -0.469 e. The lowest BCUT2D eigenvalue weighted by atomic mass is 10.1. The van der Waals surface area contributed by atoms with Gasteiger partial charge in [0, 0.05) is 54.7 Å². The Hall–Kier alpha value is -3.15. The molecule has 6 nitrogen and oxygen atoms in total. The number of benzene rings is 2. The summed E-state index contributed by atoms with van der Waals surface area (Å²) in [6.07, 6.45) is 1.69. The lowest BCUT2D eigenvalue weighted by Gasteiger charge is -2.28. The number of amides is 1. The Kier molecular flexibility index (Phi) is 6.09. The number of hydrogen-bond donors (Lipinski definition) is 1. The number of fused-ring (bicyclic) bond motifs is 1. The fourth-order valence-electron chi connectivity index (χ4n) is 3.11. The summed E-state index contributed by atoms with van der Waals surface area (Å²) in [5.41, 5.74) is 4.96. The molecule has 1 aromatic carbocycles. The van der Waals surface area contributed by atoms with Crippen molar-refractivity contribution in [2.75, 3.05) is 30.4 Å². The van der Waals surface area contributed by atoms with E-state index in [2.05, 4.69) is 15.0 Å². The molecule has 1 N–H and O–H groups in total. The first-order valence-electron chi connectivity index (χ1n) is 9.41. The molecule has 146 valence electrons. The number of carbonyl (C=O) groups is 3. The van der Waals surface area contributed by atoms with Crippen LogP contribution < -0.4 is 10.2 Å². The molecule has 4 rings (SSSR count). The van der Waals surface area contributed by atoms with Gasteiger partial charge in [0.05, 0.1) is 12.8 Å². The van der Waals surface area contributed by atoms with Crippen LogP contribution in [0.4, 0.5) is 11.4 Å². The minimum atomic E-state index is -0.157. The maximum absolute atomic E-state index is 12.2. The van der Waals surface area contributed by atoms with E-state index in [0.29, 0.717) is 30.6 Å². The summed E-state index contributed by atoms with van der Waals surface area (Å²) in [7, 11) is 1.38. The van der Waals surface area contributed by atoms with Gasteiger partial charge in [0.2, 0.25) is 0 Å². The molecule has 1 amide bonds. The van der Waals surface area contributed by atoms with E-state index in [9.17, 15) is 14.4 Å². The van der Waals surface area contributed by atoms with Gasteiger partial charge in [-0.15, -0.1) is 0 Å². The number of methoxy groups -OCH3 is 1. The first-order valence-corrected chi connectivity index (χ1v) is 9.41. The number of nitrogens with zero attached hydrogens (tertiary/aromatic N) is 1. The van der Waals surface area contributed by atoms with E-state index < -0.39 is 0 Å². The van der Waals surface area contributed by atoms with Crippen molar-refractivity contribution in [3.8, 4) is 11.1 Å². The van der Waals surface area contributed by atoms with Gasteiger partial charge in [-0.25, -0.2) is 0 Å². The Bertz CT molecular complexity index is 854. The third-order valence-electron chi connectivity index (χ3n) is 4.86. The summed E-state index contributed by atoms with van der Waals surface area (Å²) in [4.78, 5) is 35.6. The normalized spacial score (nSPS) is 13.9. The standard InChI is InChI=1S/C18H16N2O2.C4H8O2/c21-14-8-10-20(11-9-14)13-6-4-12(5-7-13)18(22)19-17-15-2-1-3-16(15)17;1-3-4(5)6-2/h1-7H,8-11H2,(H,19,22);3H2,1-2H3. The van der Waals surface area contributed by atoms with Gasteiger partial charge in [-0.05, 0) is 24.3 Å². The molecule has 1 heterocycles. The Balaban J connectivity index is 0.000000330. The van der Waals surface area contributed by atoms with E-state index in [0.717, 1.165) is 35.6 Å². The molecule has 0 atom stereocenters. The van der Waals surface area contributed by atoms with Crippen LogP contribution in [0.5, 0.6) is 0 Å². The third-order valence-corrected chi connectivity index (χ3v) is 4.86. The zero-order chi connectivity index (χ0) is 20.1. The van der Waals surface area contributed by atoms with Crippen molar-refractivity contribution in [1.29, 1.82) is 0 Å². The smallest absolute Gasteiger partial charge is 0.305 e. The number of Topliss-reactive ketones (excluding diaryl/α,β-unsaturated/α-hetero) is 1. The van der Waals surface area contributed by atoms with Crippen molar-refractivity contribution in [3.05, 3.63) is 48.0 Å². The highest BCUT2D eigenvalue weighted by atomic mass is 16.5. The van der Waals surface area contributed by atoms with Crippen LogP contribution in [0.3, 0.4) is 0 Å². The van der Waals surface area contributed by atoms with Crippen molar-refractivity contribution in [3.63, 3.8) is 0 Å². The second-order valence-corrected chi connectivity index (χ2v) is 6.68. The summed E-state index contributed by atoms with van der Waals surface area (Å²) >= 11 is 0. The van der Waals surface area contributed by atoms with Gasteiger partial charge in [-0.2, -0.15) is 0 Å². The fraction of sp³-hybridized carbons (Fsp3) is 0.318. The largest absolute Gasteiger partial charge is 0.469 e. The highest BCUT2D eigenvalue weighted by molar-refractivity contribution is 6.16. The second kappa shape index (κ2) is 8.69. The number of piperidine rings is 1. The topological polar surface area (TPSA) is 75.7 Å². The van der Waals surface area contributed by atoms with Crippen molar-refractivity contribution >= 4 is 29.0 Å². The predicted molar refractivity (Wildman–Crippen MR) is 109 cm³/mol. The average molecular weight is 380 g/mol. The van der Waals surface area contributed by atoms with Gasteiger partial charge in [0.15, 0.2) is 0 Å². The summed E-state index contributed by atoms with van der Waals surface area (Å²) in [5, 5.41) is 2.94. The number of ether oxygens (including phenoxy) is 1. The van der Waals surface area contributed by atoms with Gasteiger partial charge in [-0.1, -0.05) is 25.1 Å². The van der Waals surface area contributed by atoms with E-state index in [4.69, 9.17) is 0 Å². The van der Waals surface area contributed by atoms with Gasteiger partial charge in [0.1, 0.15) is 5.78 Å². The second-order valence-electron chi connectivity index (χ2n) is 6.68. The summed E-state index contributed by atoms with van der Waals surface area (Å²) in [5.74, 6) is 0.0988. The average Bonchev–Trinajstić information content (AvgIpc) is 3.14. The summed E-state index contributed by atoms with van der Waals surface area (Å²) < 4.78 is 4.26. The first kappa shape index (κ1) is 19.6. The maximum atomic E-state index is 12.2. The number of esters is 1. The minimum absolute atomic E-state index is 0.0772. The van der Waals surface area contributed by atoms with E-state index in [1.54, 1.807) is 6.92 Å². The Morgan fingerprint density at radius 2 is 1.64 bits per heavy atom. The van der Waals surface area contributed by atoms with Crippen LogP contribution in [0.15, 0.2) is 42.5 Å². The number of rotatable bonds is 4. The van der Waals surface area contributed by atoms with E-state index in [1.165, 1.54) is 7.11 Å². The number of anilines is 2. The third kappa shape index (κ3) is 4.57. The SMILES string of the molecule is CCC(=O)OC.O=C1CCN(c2ccc(C(=O)Nc3c4cccc3-4)cc2)CC1. The number of para-hydroxylation sites is 1. The van der Waals surface area contributed by atoms with Crippen LogP contribution in [0, 0.1) is 0 Å². The van der Waals surface area contributed by atoms with Crippen LogP contribution in [0.1, 0.15) is 36.5 Å². The molecule has 28 heavy (non-hydrogen) atoms. The van der Waals surface area contributed by atoms with E-state index in [-0.39, 0.29) is 11.9 Å². The molecular formula is C22H24N2O4. The van der Waals surface area contributed by atoms with Crippen LogP contribution in [0.2, 0.25) is 0 Å². The Morgan fingerprint density at radius 3 is 2.14 bits per heavy atom. The van der Waals surface area contributed by atoms with Gasteiger partial charge < -0.3 is 15.0 Å². The van der Waals surface area contributed by atoms with Crippen molar-refractivity contribution in [2.24, 2.45) is 0 Å². The predicted octanol–water partition coefficient (Wildman–Crippen LogP) is 3.66. The number of ketones is 1. The van der Waals surface area contributed by atoms with Crippen LogP contribution in [0.25, 0.3) is 11.1 Å². The van der Waals surface area contributed by atoms with Crippen LogP contribution in [-0.4, -0.2) is 37.9 Å². The molecule has 0 radical (unpaired) electrons. The van der Waals surface area contributed by atoms with Gasteiger partial charge in [-0.3, -0.25) is 14.4 Å². The van der Waals surface area contributed by atoms with Gasteiger partial charge >= 0.3 is 5.97 Å². The van der Waals surface area contributed by atoms with Gasteiger partial charge in [0.25, 0.3) is 5.91 Å². The molecule has 1 aliphatic heterocycles. The van der Waals surface area contributed by atoms with E-state index >= 15 is 0 Å². The zero-order valence-electron chi connectivity index (χ0n) is 16.2. The monoisotopic (exact) mass is 380 g/mol. The molecule has 0 saturated carbocycles. The molecule has 0 bridgehead atoms. The number of carbonyl (C=O) groups excluding carboxylic acids is 3. The van der Waals surface area contributed by atoms with Crippen molar-refractivity contribution < 1.29 is 19.1 Å². The van der Waals surface area contributed by atoms with Crippen LogP contribution in [-0.2, 0) is 14.3 Å². The molecule has 6 heteroatoms. The molecule has 2 aliphatic carbocycles. The molecule has 1 aromatic rings. The molecule has 1 saturated heterocycles. The molecule has 0 unspecified atom stereocenters. The molecule has 0 aromatic heterocycles. The zero-order valence-corrected chi connectivity index (χ0v) is 16.2. The molecule has 3 aliphatic rings. The lowest BCUT2D eigenvalue weighted by molar-refractivity contribution is -0.140. The van der Waals surface area contributed by atoms with Crippen molar-refractivity contribution in [2.45, 2.75) is 26.2 Å². The fourth-order valence-corrected chi connectivity index (χ4v) is 3.11. The molecule has 0 spiro atoms. The summed E-state index contributed by atoms with van der Waals surface area (Å²) in [6, 6.07) is 13.6. The summed E-state index contributed by atoms with van der Waals surface area (Å²) in [6.45, 7) is 3.29. The lowest BCUT2D eigenvalue weighted by Crippen LogP contribution is -2.33. The quantitative estimate of drug-likeness (QED) is 0.699. The number of nitrogens with one attached hydrogen (secondary N) is 1. The Morgan fingerprint density at radius 1 is 1.04 bits per heavy atom. The van der Waals surface area contributed by atoms with Crippen LogP contribution >= 0.6 is 0 Å². The highest BCUT2D eigenvalue weighted by Gasteiger charge is 2.25. The van der Waals surface area contributed by atoms with Crippen molar-refractivity contribution in [1.82, 2.24) is 0 Å². The Labute approximate surface area is 164 Å². The highest BCUT2D eigenvalue weighted by Crippen LogP contribution is 2.48. The maximum Gasteiger partial charge on any atom is 0.305 e. The molecule has 1 fully saturated rings.